The Labute approximate surface area is 130 Å². The smallest absolute Gasteiger partial charge is 0.255 e. The van der Waals surface area contributed by atoms with Crippen LogP contribution in [0.5, 0.6) is 0 Å². The zero-order chi connectivity index (χ0) is 15.8. The highest BCUT2D eigenvalue weighted by Gasteiger charge is 2.29. The Morgan fingerprint density at radius 1 is 1.33 bits per heavy atom. The Hall–Kier alpha value is -1.11. The fourth-order valence-corrected chi connectivity index (χ4v) is 3.31. The van der Waals surface area contributed by atoms with Crippen molar-refractivity contribution in [2.24, 2.45) is 11.1 Å². The van der Waals surface area contributed by atoms with Gasteiger partial charge in [0.2, 0.25) is 10.0 Å². The average Bonchev–Trinajstić information content (AvgIpc) is 2.40. The number of carbonyl (C=O) groups excluding carboxylic acids is 1. The van der Waals surface area contributed by atoms with Gasteiger partial charge in [0.1, 0.15) is 0 Å². The summed E-state index contributed by atoms with van der Waals surface area (Å²) in [4.78, 5) is 14.3. The summed E-state index contributed by atoms with van der Waals surface area (Å²) in [6.45, 7) is 4.73. The third-order valence-corrected chi connectivity index (χ3v) is 5.12. The molecule has 2 N–H and O–H groups in total. The summed E-state index contributed by atoms with van der Waals surface area (Å²) in [5, 5.41) is 5.34. The molecule has 1 saturated heterocycles. The summed E-state index contributed by atoms with van der Waals surface area (Å²) in [5.74, 6) is 0.176. The van der Waals surface area contributed by atoms with E-state index in [-0.39, 0.29) is 27.4 Å². The molecule has 1 fully saturated rings. The normalized spacial score (nSPS) is 23.1. The molecule has 1 amide bonds. The number of carbonyl (C=O) groups is 1. The molecule has 0 spiro atoms. The fourth-order valence-electron chi connectivity index (χ4n) is 2.57. The highest BCUT2D eigenvalue weighted by Crippen LogP contribution is 2.27. The molecule has 0 aliphatic carbocycles. The van der Waals surface area contributed by atoms with Crippen LogP contribution in [0, 0.1) is 5.92 Å². The summed E-state index contributed by atoms with van der Waals surface area (Å²) >= 11 is 6.06. The summed E-state index contributed by atoms with van der Waals surface area (Å²) in [5.41, 5.74) is 0.184. The topological polar surface area (TPSA) is 80.5 Å². The molecule has 0 saturated carbocycles. The number of amides is 1. The van der Waals surface area contributed by atoms with Crippen LogP contribution in [-0.4, -0.2) is 31.8 Å². The van der Waals surface area contributed by atoms with Gasteiger partial charge in [0.15, 0.2) is 0 Å². The lowest BCUT2D eigenvalue weighted by atomic mass is 9.94. The van der Waals surface area contributed by atoms with E-state index in [4.69, 9.17) is 16.7 Å². The number of likely N-dealkylation sites (tertiary alicyclic amines) is 1. The molecule has 0 radical (unpaired) electrons. The molecule has 1 aromatic rings. The number of halogens is 1. The van der Waals surface area contributed by atoms with Crippen LogP contribution in [0.2, 0.25) is 5.02 Å². The van der Waals surface area contributed by atoms with Crippen LogP contribution < -0.4 is 5.14 Å². The van der Waals surface area contributed by atoms with Crippen LogP contribution >= 0.6 is 11.6 Å². The molecule has 2 atom stereocenters. The van der Waals surface area contributed by atoms with E-state index in [0.29, 0.717) is 12.5 Å². The largest absolute Gasteiger partial charge is 0.336 e. The lowest BCUT2D eigenvalue weighted by Crippen LogP contribution is -2.45. The third-order valence-electron chi connectivity index (χ3n) is 3.88. The van der Waals surface area contributed by atoms with Gasteiger partial charge in [0.05, 0.1) is 15.5 Å². The van der Waals surface area contributed by atoms with E-state index in [9.17, 15) is 13.2 Å². The summed E-state index contributed by atoms with van der Waals surface area (Å²) < 4.78 is 22.8. The highest BCUT2D eigenvalue weighted by molar-refractivity contribution is 7.89. The van der Waals surface area contributed by atoms with Crippen molar-refractivity contribution >= 4 is 27.5 Å². The molecule has 2 unspecified atom stereocenters. The maximum atomic E-state index is 12.7. The van der Waals surface area contributed by atoms with Gasteiger partial charge in [-0.1, -0.05) is 18.5 Å². The minimum Gasteiger partial charge on any atom is -0.336 e. The zero-order valence-corrected chi connectivity index (χ0v) is 13.6. The number of sulfonamides is 1. The minimum absolute atomic E-state index is 0.104. The molecule has 0 bridgehead atoms. The first-order chi connectivity index (χ1) is 9.70. The molecule has 0 aromatic heterocycles. The second-order valence-electron chi connectivity index (χ2n) is 5.68. The van der Waals surface area contributed by atoms with Crippen molar-refractivity contribution in [3.63, 3.8) is 0 Å². The lowest BCUT2D eigenvalue weighted by Gasteiger charge is -2.37. The van der Waals surface area contributed by atoms with Gasteiger partial charge in [0.25, 0.3) is 5.91 Å². The zero-order valence-electron chi connectivity index (χ0n) is 12.0. The van der Waals surface area contributed by atoms with Crippen molar-refractivity contribution in [1.82, 2.24) is 4.90 Å². The number of nitrogens with two attached hydrogens (primary N) is 1. The number of benzene rings is 1. The van der Waals surface area contributed by atoms with Crippen LogP contribution in [0.3, 0.4) is 0 Å². The van der Waals surface area contributed by atoms with Crippen LogP contribution in [0.15, 0.2) is 23.1 Å². The molecule has 5 nitrogen and oxygen atoms in total. The molecule has 116 valence electrons. The summed E-state index contributed by atoms with van der Waals surface area (Å²) in [7, 11) is -3.86. The Morgan fingerprint density at radius 3 is 2.62 bits per heavy atom. The first kappa shape index (κ1) is 16.3. The number of hydrogen-bond acceptors (Lipinski definition) is 3. The number of rotatable bonds is 2. The quantitative estimate of drug-likeness (QED) is 0.903. The number of primary sulfonamides is 1. The van der Waals surface area contributed by atoms with E-state index in [2.05, 4.69) is 6.92 Å². The van der Waals surface area contributed by atoms with Crippen molar-refractivity contribution in [3.05, 3.63) is 28.8 Å². The van der Waals surface area contributed by atoms with Gasteiger partial charge in [-0.05, 0) is 43.9 Å². The SMILES string of the molecule is CC1CCC(C)N(C(=O)c2cc(S(N)(=O)=O)ccc2Cl)C1. The monoisotopic (exact) mass is 330 g/mol. The maximum Gasteiger partial charge on any atom is 0.255 e. The molecule has 1 aliphatic heterocycles. The first-order valence-corrected chi connectivity index (χ1v) is 8.76. The van der Waals surface area contributed by atoms with E-state index in [0.717, 1.165) is 12.8 Å². The standard InChI is InChI=1S/C14H19ClN2O3S/c1-9-3-4-10(2)17(8-9)14(18)12-7-11(21(16,19)20)5-6-13(12)15/h5-7,9-10H,3-4,8H2,1-2H3,(H2,16,19,20). The van der Waals surface area contributed by atoms with E-state index < -0.39 is 10.0 Å². The van der Waals surface area contributed by atoms with Crippen molar-refractivity contribution in [2.75, 3.05) is 6.54 Å². The van der Waals surface area contributed by atoms with Gasteiger partial charge >= 0.3 is 0 Å². The molecular weight excluding hydrogens is 312 g/mol. The summed E-state index contributed by atoms with van der Waals surface area (Å²) in [6, 6.07) is 4.07. The minimum atomic E-state index is -3.86. The fraction of sp³-hybridized carbons (Fsp3) is 0.500. The highest BCUT2D eigenvalue weighted by atomic mass is 35.5. The van der Waals surface area contributed by atoms with Gasteiger partial charge in [-0.2, -0.15) is 0 Å². The van der Waals surface area contributed by atoms with Crippen LogP contribution in [-0.2, 0) is 10.0 Å². The molecule has 2 rings (SSSR count). The molecule has 1 aromatic carbocycles. The van der Waals surface area contributed by atoms with Crippen molar-refractivity contribution in [1.29, 1.82) is 0 Å². The lowest BCUT2D eigenvalue weighted by molar-refractivity contribution is 0.0574. The average molecular weight is 331 g/mol. The Morgan fingerprint density at radius 2 is 2.00 bits per heavy atom. The van der Waals surface area contributed by atoms with Crippen LogP contribution in [0.4, 0.5) is 0 Å². The number of hydrogen-bond donors (Lipinski definition) is 1. The van der Waals surface area contributed by atoms with E-state index in [1.807, 2.05) is 6.92 Å². The van der Waals surface area contributed by atoms with Crippen LogP contribution in [0.25, 0.3) is 0 Å². The van der Waals surface area contributed by atoms with E-state index in [1.54, 1.807) is 4.90 Å². The van der Waals surface area contributed by atoms with Gasteiger partial charge in [0, 0.05) is 12.6 Å². The van der Waals surface area contributed by atoms with Gasteiger partial charge in [-0.3, -0.25) is 4.79 Å². The predicted octanol–water partition coefficient (Wildman–Crippen LogP) is 2.25. The molecule has 1 aliphatic rings. The maximum absolute atomic E-state index is 12.7. The Bertz CT molecular complexity index is 660. The molecular formula is C14H19ClN2O3S. The molecule has 7 heteroatoms. The van der Waals surface area contributed by atoms with Crippen molar-refractivity contribution < 1.29 is 13.2 Å². The van der Waals surface area contributed by atoms with E-state index >= 15 is 0 Å². The number of nitrogens with zero attached hydrogens (tertiary/aromatic N) is 1. The van der Waals surface area contributed by atoms with Gasteiger partial charge < -0.3 is 4.90 Å². The van der Waals surface area contributed by atoms with E-state index in [1.165, 1.54) is 18.2 Å². The molecule has 1 heterocycles. The molecule has 21 heavy (non-hydrogen) atoms. The van der Waals surface area contributed by atoms with Crippen LogP contribution in [0.1, 0.15) is 37.0 Å². The first-order valence-electron chi connectivity index (χ1n) is 6.83. The number of piperidine rings is 1. The van der Waals surface area contributed by atoms with Crippen molar-refractivity contribution in [2.45, 2.75) is 37.6 Å². The predicted molar refractivity (Wildman–Crippen MR) is 81.7 cm³/mol. The summed E-state index contributed by atoms with van der Waals surface area (Å²) in [6.07, 6.45) is 2.01. The van der Waals surface area contributed by atoms with Crippen molar-refractivity contribution in [3.8, 4) is 0 Å². The van der Waals surface area contributed by atoms with Gasteiger partial charge in [-0.25, -0.2) is 13.6 Å². The third kappa shape index (κ3) is 3.56. The Kier molecular flexibility index (Phi) is 4.60. The van der Waals surface area contributed by atoms with Gasteiger partial charge in [-0.15, -0.1) is 0 Å². The Balaban J connectivity index is 2.38. The second-order valence-corrected chi connectivity index (χ2v) is 7.64. The second kappa shape index (κ2) is 5.94.